The summed E-state index contributed by atoms with van der Waals surface area (Å²) in [6.07, 6.45) is 4.82. The fourth-order valence-corrected chi connectivity index (χ4v) is 3.15. The molecule has 114 valence electrons. The molecule has 5 heteroatoms. The Balaban J connectivity index is 1.65. The molecule has 0 aliphatic heterocycles. The molecule has 3 rings (SSSR count). The molecule has 23 heavy (non-hydrogen) atoms. The van der Waals surface area contributed by atoms with Crippen molar-refractivity contribution in [2.24, 2.45) is 0 Å². The van der Waals surface area contributed by atoms with Crippen molar-refractivity contribution in [3.63, 3.8) is 0 Å². The summed E-state index contributed by atoms with van der Waals surface area (Å²) >= 11 is 3.66. The maximum atomic E-state index is 12.2. The summed E-state index contributed by atoms with van der Waals surface area (Å²) < 4.78 is 1.17. The molecule has 0 radical (unpaired) electrons. The van der Waals surface area contributed by atoms with E-state index in [1.54, 1.807) is 12.4 Å². The highest BCUT2D eigenvalue weighted by Crippen LogP contribution is 2.25. The van der Waals surface area contributed by atoms with E-state index in [1.807, 2.05) is 54.6 Å². The molecular formula is C18H13IN2OS. The number of anilines is 1. The first kappa shape index (κ1) is 15.9. The molecule has 0 saturated carbocycles. The molecule has 0 atom stereocenters. The predicted molar refractivity (Wildman–Crippen MR) is 104 cm³/mol. The summed E-state index contributed by atoms with van der Waals surface area (Å²) in [6.45, 7) is 0. The molecule has 3 aromatic rings. The molecule has 0 spiro atoms. The zero-order valence-corrected chi connectivity index (χ0v) is 15.0. The minimum atomic E-state index is -0.0531. The first-order chi connectivity index (χ1) is 11.2. The van der Waals surface area contributed by atoms with Crippen molar-refractivity contribution in [3.05, 3.63) is 81.5 Å². The number of hydrogen-bond acceptors (Lipinski definition) is 4. The summed E-state index contributed by atoms with van der Waals surface area (Å²) in [6, 6.07) is 17.8. The van der Waals surface area contributed by atoms with E-state index < -0.39 is 0 Å². The lowest BCUT2D eigenvalue weighted by molar-refractivity contribution is 0.105. The van der Waals surface area contributed by atoms with Crippen LogP contribution < -0.4 is 5.32 Å². The first-order valence-corrected chi connectivity index (χ1v) is 8.86. The van der Waals surface area contributed by atoms with Crippen molar-refractivity contribution in [1.82, 2.24) is 4.98 Å². The minimum Gasteiger partial charge on any atom is -0.362 e. The highest BCUT2D eigenvalue weighted by atomic mass is 127. The molecule has 2 aromatic carbocycles. The zero-order valence-electron chi connectivity index (χ0n) is 12.1. The van der Waals surface area contributed by atoms with Crippen LogP contribution in [0.25, 0.3) is 10.6 Å². The Bertz CT molecular complexity index is 826. The molecule has 0 unspecified atom stereocenters. The normalized spacial score (nSPS) is 10.8. The second-order valence-corrected chi connectivity index (χ2v) is 7.02. The molecule has 0 aliphatic rings. The average molecular weight is 432 g/mol. The summed E-state index contributed by atoms with van der Waals surface area (Å²) in [5.74, 6) is -0.0531. The maximum absolute atomic E-state index is 12.2. The molecule has 0 amide bonds. The minimum absolute atomic E-state index is 0.0531. The Morgan fingerprint density at radius 1 is 1.09 bits per heavy atom. The van der Waals surface area contributed by atoms with E-state index in [0.29, 0.717) is 4.88 Å². The van der Waals surface area contributed by atoms with E-state index in [4.69, 9.17) is 0 Å². The van der Waals surface area contributed by atoms with E-state index >= 15 is 0 Å². The van der Waals surface area contributed by atoms with Crippen molar-refractivity contribution >= 4 is 45.4 Å². The van der Waals surface area contributed by atoms with Crippen LogP contribution in [0.4, 0.5) is 5.69 Å². The van der Waals surface area contributed by atoms with E-state index in [9.17, 15) is 4.79 Å². The number of halogens is 1. The van der Waals surface area contributed by atoms with E-state index in [1.165, 1.54) is 21.0 Å². The van der Waals surface area contributed by atoms with Crippen LogP contribution in [-0.4, -0.2) is 10.8 Å². The zero-order chi connectivity index (χ0) is 16.1. The number of ketones is 1. The van der Waals surface area contributed by atoms with Crippen LogP contribution in [-0.2, 0) is 0 Å². The van der Waals surface area contributed by atoms with Gasteiger partial charge in [0, 0.05) is 33.3 Å². The van der Waals surface area contributed by atoms with Crippen LogP contribution >= 0.6 is 33.9 Å². The summed E-state index contributed by atoms with van der Waals surface area (Å²) in [5.41, 5.74) is 1.97. The lowest BCUT2D eigenvalue weighted by Gasteiger charge is -1.99. The molecule has 0 saturated heterocycles. The number of nitrogens with zero attached hydrogens (tertiary/aromatic N) is 1. The number of thiazole rings is 1. The predicted octanol–water partition coefficient (Wildman–Crippen LogP) is 5.22. The van der Waals surface area contributed by atoms with E-state index in [-0.39, 0.29) is 5.78 Å². The Hall–Kier alpha value is -1.99. The van der Waals surface area contributed by atoms with Gasteiger partial charge in [-0.1, -0.05) is 30.3 Å². The van der Waals surface area contributed by atoms with Crippen LogP contribution in [0.2, 0.25) is 0 Å². The van der Waals surface area contributed by atoms with Gasteiger partial charge in [0.15, 0.2) is 5.78 Å². The third-order valence-corrected chi connectivity index (χ3v) is 4.88. The van der Waals surface area contributed by atoms with Gasteiger partial charge in [-0.2, -0.15) is 0 Å². The van der Waals surface area contributed by atoms with Crippen molar-refractivity contribution in [2.45, 2.75) is 0 Å². The molecule has 3 nitrogen and oxygen atoms in total. The maximum Gasteiger partial charge on any atom is 0.198 e. The Kier molecular flexibility index (Phi) is 5.19. The lowest BCUT2D eigenvalue weighted by atomic mass is 10.2. The topological polar surface area (TPSA) is 42.0 Å². The summed E-state index contributed by atoms with van der Waals surface area (Å²) in [4.78, 5) is 17.1. The van der Waals surface area contributed by atoms with Gasteiger partial charge in [-0.15, -0.1) is 11.3 Å². The molecule has 1 N–H and O–H groups in total. The molecule has 1 aromatic heterocycles. The van der Waals surface area contributed by atoms with Crippen molar-refractivity contribution < 1.29 is 4.79 Å². The van der Waals surface area contributed by atoms with E-state index in [2.05, 4.69) is 32.9 Å². The number of carbonyl (C=O) groups is 1. The third kappa shape index (κ3) is 4.27. The highest BCUT2D eigenvalue weighted by Gasteiger charge is 2.08. The van der Waals surface area contributed by atoms with Gasteiger partial charge in [0.05, 0.1) is 4.88 Å². The smallest absolute Gasteiger partial charge is 0.198 e. The van der Waals surface area contributed by atoms with Crippen LogP contribution in [0.3, 0.4) is 0 Å². The number of rotatable bonds is 5. The van der Waals surface area contributed by atoms with Crippen LogP contribution in [0.5, 0.6) is 0 Å². The molecule has 1 heterocycles. The third-order valence-electron chi connectivity index (χ3n) is 3.10. The highest BCUT2D eigenvalue weighted by molar-refractivity contribution is 14.1. The van der Waals surface area contributed by atoms with Crippen molar-refractivity contribution in [2.75, 3.05) is 5.32 Å². The lowest BCUT2D eigenvalue weighted by Crippen LogP contribution is -1.93. The quantitative estimate of drug-likeness (QED) is 0.341. The summed E-state index contributed by atoms with van der Waals surface area (Å²) in [5, 5.41) is 3.95. The second-order valence-electron chi connectivity index (χ2n) is 4.74. The van der Waals surface area contributed by atoms with E-state index in [0.717, 1.165) is 16.3 Å². The van der Waals surface area contributed by atoms with Crippen LogP contribution in [0.15, 0.2) is 73.1 Å². The number of allylic oxidation sites excluding steroid dienone is 1. The van der Waals surface area contributed by atoms with Gasteiger partial charge < -0.3 is 5.32 Å². The van der Waals surface area contributed by atoms with Gasteiger partial charge in [0.2, 0.25) is 0 Å². The standard InChI is InChI=1S/C18H13IN2OS/c19-14-6-8-15(9-7-14)20-11-10-16(22)17-12-21-18(23-17)13-4-2-1-3-5-13/h1-12,20H/b11-10+. The number of carbonyl (C=O) groups excluding carboxylic acids is 1. The van der Waals surface area contributed by atoms with Gasteiger partial charge in [-0.25, -0.2) is 4.98 Å². The van der Waals surface area contributed by atoms with Gasteiger partial charge in [-0.05, 0) is 46.9 Å². The number of hydrogen-bond donors (Lipinski definition) is 1. The van der Waals surface area contributed by atoms with Crippen molar-refractivity contribution in [3.8, 4) is 10.6 Å². The Morgan fingerprint density at radius 3 is 2.57 bits per heavy atom. The second kappa shape index (κ2) is 7.52. The SMILES string of the molecule is O=C(/C=C/Nc1ccc(I)cc1)c1cnc(-c2ccccc2)s1. The first-order valence-electron chi connectivity index (χ1n) is 6.96. The Morgan fingerprint density at radius 2 is 1.83 bits per heavy atom. The average Bonchev–Trinajstić information content (AvgIpc) is 3.07. The fraction of sp³-hybridized carbons (Fsp3) is 0. The van der Waals surface area contributed by atoms with Gasteiger partial charge in [0.1, 0.15) is 5.01 Å². The molecular weight excluding hydrogens is 419 g/mol. The van der Waals surface area contributed by atoms with Gasteiger partial charge in [0.25, 0.3) is 0 Å². The largest absolute Gasteiger partial charge is 0.362 e. The molecule has 0 fully saturated rings. The monoisotopic (exact) mass is 432 g/mol. The van der Waals surface area contributed by atoms with Gasteiger partial charge >= 0.3 is 0 Å². The number of nitrogens with one attached hydrogen (secondary N) is 1. The van der Waals surface area contributed by atoms with Crippen LogP contribution in [0, 0.1) is 3.57 Å². The fourth-order valence-electron chi connectivity index (χ4n) is 1.94. The van der Waals surface area contributed by atoms with Crippen molar-refractivity contribution in [1.29, 1.82) is 0 Å². The summed E-state index contributed by atoms with van der Waals surface area (Å²) in [7, 11) is 0. The number of aromatic nitrogens is 1. The Labute approximate surface area is 152 Å². The van der Waals surface area contributed by atoms with Crippen LogP contribution in [0.1, 0.15) is 9.67 Å². The number of benzene rings is 2. The molecule has 0 aliphatic carbocycles. The van der Waals surface area contributed by atoms with Gasteiger partial charge in [-0.3, -0.25) is 4.79 Å². The molecule has 0 bridgehead atoms.